The van der Waals surface area contributed by atoms with Crippen molar-refractivity contribution < 1.29 is 9.53 Å². The lowest BCUT2D eigenvalue weighted by Gasteiger charge is -2.10. The summed E-state index contributed by atoms with van der Waals surface area (Å²) in [5, 5.41) is 3.95. The lowest BCUT2D eigenvalue weighted by atomic mass is 10.2. The molecule has 0 unspecified atom stereocenters. The van der Waals surface area contributed by atoms with Crippen molar-refractivity contribution in [1.29, 1.82) is 0 Å². The summed E-state index contributed by atoms with van der Waals surface area (Å²) in [4.78, 5) is 15.5. The van der Waals surface area contributed by atoms with Crippen LogP contribution in [0.15, 0.2) is 34.9 Å². The van der Waals surface area contributed by atoms with Crippen LogP contribution >= 0.6 is 27.5 Å². The number of nitrogens with one attached hydrogen (secondary N) is 1. The van der Waals surface area contributed by atoms with Crippen LogP contribution in [0.3, 0.4) is 0 Å². The molecule has 1 heterocycles. The van der Waals surface area contributed by atoms with Crippen LogP contribution in [0.5, 0.6) is 0 Å². The molecule has 2 rings (SSSR count). The van der Waals surface area contributed by atoms with Crippen molar-refractivity contribution in [2.45, 2.75) is 13.5 Å². The van der Waals surface area contributed by atoms with E-state index >= 15 is 0 Å². The fraction of sp³-hybridized carbons (Fsp3) is 0.200. The van der Waals surface area contributed by atoms with Crippen LogP contribution in [0, 0.1) is 6.92 Å². The summed E-state index contributed by atoms with van der Waals surface area (Å²) in [7, 11) is 1.34. The van der Waals surface area contributed by atoms with Gasteiger partial charge in [-0.15, -0.1) is 0 Å². The number of aryl methyl sites for hydroxylation is 1. The number of aromatic nitrogens is 1. The van der Waals surface area contributed by atoms with E-state index in [4.69, 9.17) is 11.6 Å². The molecule has 0 amide bonds. The van der Waals surface area contributed by atoms with E-state index in [1.54, 1.807) is 12.1 Å². The maximum Gasteiger partial charge on any atom is 0.339 e. The number of hydrogen-bond donors (Lipinski definition) is 1. The van der Waals surface area contributed by atoms with E-state index < -0.39 is 5.97 Å². The highest BCUT2D eigenvalue weighted by Crippen LogP contribution is 2.29. The molecule has 0 aliphatic heterocycles. The molecule has 0 aliphatic carbocycles. The fourth-order valence-electron chi connectivity index (χ4n) is 1.74. The highest BCUT2D eigenvalue weighted by Gasteiger charge is 2.07. The zero-order valence-corrected chi connectivity index (χ0v) is 14.0. The van der Waals surface area contributed by atoms with Crippen molar-refractivity contribution in [3.63, 3.8) is 0 Å². The van der Waals surface area contributed by atoms with Gasteiger partial charge < -0.3 is 10.1 Å². The summed E-state index contributed by atoms with van der Waals surface area (Å²) in [6.07, 6.45) is 1.50. The van der Waals surface area contributed by atoms with Crippen molar-refractivity contribution in [3.8, 4) is 0 Å². The Hall–Kier alpha value is -1.59. The molecule has 6 heteroatoms. The molecule has 21 heavy (non-hydrogen) atoms. The second-order valence-electron chi connectivity index (χ2n) is 4.46. The molecule has 1 aromatic carbocycles. The third-order valence-corrected chi connectivity index (χ3v) is 4.02. The predicted molar refractivity (Wildman–Crippen MR) is 86.8 cm³/mol. The number of anilines is 1. The van der Waals surface area contributed by atoms with E-state index in [9.17, 15) is 4.79 Å². The van der Waals surface area contributed by atoms with Gasteiger partial charge in [0.05, 0.1) is 30.6 Å². The second-order valence-corrected chi connectivity index (χ2v) is 5.73. The molecular formula is C15H14BrClN2O2. The van der Waals surface area contributed by atoms with Crippen LogP contribution in [0.4, 0.5) is 5.69 Å². The van der Waals surface area contributed by atoms with Crippen molar-refractivity contribution in [2.24, 2.45) is 0 Å². The summed E-state index contributed by atoms with van der Waals surface area (Å²) < 4.78 is 5.57. The lowest BCUT2D eigenvalue weighted by molar-refractivity contribution is 0.0600. The van der Waals surface area contributed by atoms with Gasteiger partial charge in [0.2, 0.25) is 0 Å². The Balaban J connectivity index is 2.06. The minimum absolute atomic E-state index is 0.393. The SMILES string of the molecule is COC(=O)c1ccc(CNc2cc(Cl)c(C)cc2Br)nc1. The first kappa shape index (κ1) is 15.8. The highest BCUT2D eigenvalue weighted by molar-refractivity contribution is 9.10. The molecule has 0 atom stereocenters. The molecule has 4 nitrogen and oxygen atoms in total. The maximum atomic E-state index is 11.3. The van der Waals surface area contributed by atoms with E-state index in [1.807, 2.05) is 19.1 Å². The highest BCUT2D eigenvalue weighted by atomic mass is 79.9. The smallest absolute Gasteiger partial charge is 0.339 e. The van der Waals surface area contributed by atoms with E-state index in [0.717, 1.165) is 21.4 Å². The van der Waals surface area contributed by atoms with Gasteiger partial charge in [0.25, 0.3) is 0 Å². The van der Waals surface area contributed by atoms with E-state index in [2.05, 4.69) is 31.0 Å². The van der Waals surface area contributed by atoms with Gasteiger partial charge in [0.1, 0.15) is 0 Å². The van der Waals surface area contributed by atoms with Gasteiger partial charge in [0, 0.05) is 15.7 Å². The summed E-state index contributed by atoms with van der Waals surface area (Å²) in [6.45, 7) is 2.48. The van der Waals surface area contributed by atoms with E-state index in [0.29, 0.717) is 17.1 Å². The molecule has 0 radical (unpaired) electrons. The first-order chi connectivity index (χ1) is 10.0. The second kappa shape index (κ2) is 6.91. The molecule has 0 fully saturated rings. The zero-order valence-electron chi connectivity index (χ0n) is 11.6. The molecule has 1 aromatic heterocycles. The van der Waals surface area contributed by atoms with Gasteiger partial charge in [-0.2, -0.15) is 0 Å². The Morgan fingerprint density at radius 2 is 2.19 bits per heavy atom. The number of esters is 1. The van der Waals surface area contributed by atoms with Crippen molar-refractivity contribution in [2.75, 3.05) is 12.4 Å². The maximum absolute atomic E-state index is 11.3. The number of nitrogens with zero attached hydrogens (tertiary/aromatic N) is 1. The summed E-state index contributed by atoms with van der Waals surface area (Å²) in [5.74, 6) is -0.393. The van der Waals surface area contributed by atoms with E-state index in [1.165, 1.54) is 13.3 Å². The number of halogens is 2. The summed E-state index contributed by atoms with van der Waals surface area (Å²) in [5.41, 5.74) is 3.14. The minimum Gasteiger partial charge on any atom is -0.465 e. The van der Waals surface area contributed by atoms with Crippen molar-refractivity contribution >= 4 is 39.2 Å². The van der Waals surface area contributed by atoms with Crippen LogP contribution in [-0.2, 0) is 11.3 Å². The topological polar surface area (TPSA) is 51.2 Å². The molecular weight excluding hydrogens is 356 g/mol. The number of carbonyl (C=O) groups is 1. The lowest BCUT2D eigenvalue weighted by Crippen LogP contribution is -2.05. The summed E-state index contributed by atoms with van der Waals surface area (Å²) in [6, 6.07) is 7.29. The average molecular weight is 370 g/mol. The van der Waals surface area contributed by atoms with Crippen molar-refractivity contribution in [3.05, 3.63) is 56.8 Å². The Kier molecular flexibility index (Phi) is 5.20. The fourth-order valence-corrected chi connectivity index (χ4v) is 2.50. The predicted octanol–water partition coefficient (Wildman–Crippen LogP) is 4.20. The number of carbonyl (C=O) groups excluding carboxylic acids is 1. The molecule has 0 saturated heterocycles. The minimum atomic E-state index is -0.393. The van der Waals surface area contributed by atoms with Gasteiger partial charge in [-0.25, -0.2) is 4.79 Å². The van der Waals surface area contributed by atoms with Crippen LogP contribution in [0.25, 0.3) is 0 Å². The number of benzene rings is 1. The van der Waals surface area contributed by atoms with Crippen molar-refractivity contribution in [1.82, 2.24) is 4.98 Å². The van der Waals surface area contributed by atoms with Gasteiger partial charge in [0.15, 0.2) is 0 Å². The van der Waals surface area contributed by atoms with Crippen LogP contribution in [0.2, 0.25) is 5.02 Å². The molecule has 0 spiro atoms. The molecule has 2 aromatic rings. The Bertz CT molecular complexity index is 659. The third kappa shape index (κ3) is 3.95. The number of ether oxygens (including phenoxy) is 1. The van der Waals surface area contributed by atoms with Gasteiger partial charge in [-0.05, 0) is 52.7 Å². The largest absolute Gasteiger partial charge is 0.465 e. The Morgan fingerprint density at radius 1 is 1.43 bits per heavy atom. The van der Waals surface area contributed by atoms with Gasteiger partial charge >= 0.3 is 5.97 Å². The quantitative estimate of drug-likeness (QED) is 0.821. The Labute approximate surface area is 136 Å². The number of pyridine rings is 1. The normalized spacial score (nSPS) is 10.3. The first-order valence-electron chi connectivity index (χ1n) is 6.24. The molecule has 0 aliphatic rings. The van der Waals surface area contributed by atoms with Gasteiger partial charge in [-0.3, -0.25) is 4.98 Å². The standard InChI is InChI=1S/C15H14BrClN2O2/c1-9-5-12(16)14(6-13(9)17)19-8-11-4-3-10(7-18-11)15(20)21-2/h3-7,19H,8H2,1-2H3. The monoisotopic (exact) mass is 368 g/mol. The Morgan fingerprint density at radius 3 is 2.81 bits per heavy atom. The number of methoxy groups -OCH3 is 1. The van der Waals surface area contributed by atoms with Crippen LogP contribution < -0.4 is 5.32 Å². The third-order valence-electron chi connectivity index (χ3n) is 2.95. The molecule has 110 valence electrons. The van der Waals surface area contributed by atoms with Crippen LogP contribution in [-0.4, -0.2) is 18.1 Å². The summed E-state index contributed by atoms with van der Waals surface area (Å²) >= 11 is 9.60. The number of rotatable bonds is 4. The molecule has 1 N–H and O–H groups in total. The number of hydrogen-bond acceptors (Lipinski definition) is 4. The molecule has 0 bridgehead atoms. The first-order valence-corrected chi connectivity index (χ1v) is 7.41. The van der Waals surface area contributed by atoms with Gasteiger partial charge in [-0.1, -0.05) is 11.6 Å². The average Bonchev–Trinajstić information content (AvgIpc) is 2.49. The van der Waals surface area contributed by atoms with Crippen LogP contribution in [0.1, 0.15) is 21.6 Å². The molecule has 0 saturated carbocycles. The zero-order chi connectivity index (χ0) is 15.4. The van der Waals surface area contributed by atoms with E-state index in [-0.39, 0.29) is 0 Å².